The Bertz CT molecular complexity index is 705. The van der Waals surface area contributed by atoms with Crippen LogP contribution in [0.15, 0.2) is 24.3 Å². The number of benzene rings is 1. The molecule has 0 amide bonds. The van der Waals surface area contributed by atoms with Crippen molar-refractivity contribution in [1.29, 1.82) is 0 Å². The van der Waals surface area contributed by atoms with Gasteiger partial charge in [-0.3, -0.25) is 0 Å². The number of aliphatic hydroxyl groups excluding tert-OH is 2. The van der Waals surface area contributed by atoms with Crippen molar-refractivity contribution in [3.63, 3.8) is 0 Å². The van der Waals surface area contributed by atoms with Gasteiger partial charge in [0, 0.05) is 29.0 Å². The summed E-state index contributed by atoms with van der Waals surface area (Å²) >= 11 is 1.79. The second kappa shape index (κ2) is 8.00. The van der Waals surface area contributed by atoms with Gasteiger partial charge in [-0.2, -0.15) is 0 Å². The van der Waals surface area contributed by atoms with Crippen LogP contribution in [-0.2, 0) is 17.6 Å². The van der Waals surface area contributed by atoms with E-state index in [1.54, 1.807) is 11.3 Å². The van der Waals surface area contributed by atoms with Crippen LogP contribution in [0.1, 0.15) is 57.9 Å². The van der Waals surface area contributed by atoms with Crippen molar-refractivity contribution < 1.29 is 14.9 Å². The van der Waals surface area contributed by atoms with Crippen molar-refractivity contribution in [2.24, 2.45) is 0 Å². The van der Waals surface area contributed by atoms with Crippen LogP contribution in [0.4, 0.5) is 0 Å². The van der Waals surface area contributed by atoms with E-state index in [1.165, 1.54) is 32.0 Å². The summed E-state index contributed by atoms with van der Waals surface area (Å²) in [4.78, 5) is 2.57. The number of aliphatic hydroxyl groups is 2. The van der Waals surface area contributed by atoms with E-state index < -0.39 is 6.10 Å². The van der Waals surface area contributed by atoms with Crippen LogP contribution in [0.5, 0.6) is 0 Å². The summed E-state index contributed by atoms with van der Waals surface area (Å²) in [6.45, 7) is 6.46. The Balaban J connectivity index is 1.81. The van der Waals surface area contributed by atoms with Gasteiger partial charge < -0.3 is 14.9 Å². The lowest BCUT2D eigenvalue weighted by Crippen LogP contribution is -2.33. The molecule has 2 N–H and O–H groups in total. The zero-order valence-corrected chi connectivity index (χ0v) is 16.1. The van der Waals surface area contributed by atoms with E-state index in [9.17, 15) is 10.2 Å². The number of aryl methyl sites for hydroxylation is 1. The molecule has 1 saturated heterocycles. The number of hydrogen-bond donors (Lipinski definition) is 2. The minimum atomic E-state index is -0.400. The molecule has 2 aromatic rings. The third kappa shape index (κ3) is 4.14. The smallest absolute Gasteiger partial charge is 0.0949 e. The van der Waals surface area contributed by atoms with Gasteiger partial charge in [0.05, 0.1) is 24.9 Å². The van der Waals surface area contributed by atoms with Crippen LogP contribution in [-0.4, -0.2) is 29.0 Å². The molecular weight excluding hydrogens is 332 g/mol. The summed E-state index contributed by atoms with van der Waals surface area (Å²) in [7, 11) is 0. The molecule has 1 aliphatic rings. The highest BCUT2D eigenvalue weighted by molar-refractivity contribution is 7.12. The van der Waals surface area contributed by atoms with Gasteiger partial charge in [0.15, 0.2) is 0 Å². The average molecular weight is 361 g/mol. The summed E-state index contributed by atoms with van der Waals surface area (Å²) in [5.74, 6) is 0. The normalized spacial score (nSPS) is 23.8. The molecule has 1 aromatic carbocycles. The minimum absolute atomic E-state index is 0.0341. The fourth-order valence-corrected chi connectivity index (χ4v) is 4.91. The second-order valence-corrected chi connectivity index (χ2v) is 8.18. The van der Waals surface area contributed by atoms with Crippen LogP contribution >= 0.6 is 11.3 Å². The lowest BCUT2D eigenvalue weighted by atomic mass is 9.97. The molecule has 25 heavy (non-hydrogen) atoms. The molecule has 3 nitrogen and oxygen atoms in total. The maximum Gasteiger partial charge on any atom is 0.0949 e. The minimum Gasteiger partial charge on any atom is -0.394 e. The van der Waals surface area contributed by atoms with Gasteiger partial charge >= 0.3 is 0 Å². The van der Waals surface area contributed by atoms with Gasteiger partial charge in [0.25, 0.3) is 0 Å². The molecule has 1 fully saturated rings. The Morgan fingerprint density at radius 3 is 2.40 bits per heavy atom. The van der Waals surface area contributed by atoms with E-state index in [1.807, 2.05) is 0 Å². The fraction of sp³-hybridized carbons (Fsp3) is 0.524. The van der Waals surface area contributed by atoms with Gasteiger partial charge in [0.1, 0.15) is 0 Å². The SMILES string of the molecule is CCc1ccc(Cc2sc(C3CC(O)CC(CO)O3)c(C)c2C)cc1. The molecule has 0 aliphatic carbocycles. The van der Waals surface area contributed by atoms with Crippen LogP contribution < -0.4 is 0 Å². The molecule has 1 aromatic heterocycles. The molecule has 0 radical (unpaired) electrons. The van der Waals surface area contributed by atoms with Crippen molar-refractivity contribution in [3.8, 4) is 0 Å². The largest absolute Gasteiger partial charge is 0.394 e. The zero-order chi connectivity index (χ0) is 18.0. The van der Waals surface area contributed by atoms with E-state index in [4.69, 9.17) is 4.74 Å². The monoisotopic (exact) mass is 360 g/mol. The molecule has 2 heterocycles. The van der Waals surface area contributed by atoms with Crippen LogP contribution in [0.2, 0.25) is 0 Å². The summed E-state index contributed by atoms with van der Waals surface area (Å²) in [6.07, 6.45) is 2.35. The first-order valence-electron chi connectivity index (χ1n) is 9.12. The van der Waals surface area contributed by atoms with Gasteiger partial charge in [-0.15, -0.1) is 11.3 Å². The highest BCUT2D eigenvalue weighted by Gasteiger charge is 2.31. The third-order valence-corrected chi connectivity index (χ3v) is 6.74. The number of thiophene rings is 1. The molecule has 0 spiro atoms. The number of ether oxygens (including phenoxy) is 1. The van der Waals surface area contributed by atoms with E-state index in [0.717, 1.165) is 12.8 Å². The Morgan fingerprint density at radius 1 is 1.08 bits per heavy atom. The maximum atomic E-state index is 10.1. The van der Waals surface area contributed by atoms with Crippen molar-refractivity contribution in [2.75, 3.05) is 6.61 Å². The molecule has 3 rings (SSSR count). The van der Waals surface area contributed by atoms with E-state index >= 15 is 0 Å². The molecule has 0 saturated carbocycles. The van der Waals surface area contributed by atoms with Crippen LogP contribution in [0.25, 0.3) is 0 Å². The number of rotatable bonds is 5. The lowest BCUT2D eigenvalue weighted by molar-refractivity contribution is -0.112. The maximum absolute atomic E-state index is 10.1. The van der Waals surface area contributed by atoms with Gasteiger partial charge in [0.2, 0.25) is 0 Å². The first-order valence-corrected chi connectivity index (χ1v) is 9.94. The predicted molar refractivity (Wildman–Crippen MR) is 102 cm³/mol. The zero-order valence-electron chi connectivity index (χ0n) is 15.3. The summed E-state index contributed by atoms with van der Waals surface area (Å²) in [6, 6.07) is 8.85. The van der Waals surface area contributed by atoms with Gasteiger partial charge in [-0.05, 0) is 42.5 Å². The van der Waals surface area contributed by atoms with E-state index in [0.29, 0.717) is 12.8 Å². The summed E-state index contributed by atoms with van der Waals surface area (Å²) in [5, 5.41) is 19.5. The average Bonchev–Trinajstić information content (AvgIpc) is 2.90. The summed E-state index contributed by atoms with van der Waals surface area (Å²) in [5.41, 5.74) is 5.28. The van der Waals surface area contributed by atoms with E-state index in [-0.39, 0.29) is 18.8 Å². The predicted octanol–water partition coefficient (Wildman–Crippen LogP) is 4.09. The topological polar surface area (TPSA) is 49.7 Å². The third-order valence-electron chi connectivity index (χ3n) is 5.25. The highest BCUT2D eigenvalue weighted by atomic mass is 32.1. The van der Waals surface area contributed by atoms with Crippen molar-refractivity contribution >= 4 is 11.3 Å². The molecule has 3 atom stereocenters. The first-order chi connectivity index (χ1) is 12.0. The Hall–Kier alpha value is -1.20. The van der Waals surface area contributed by atoms with Crippen LogP contribution in [0.3, 0.4) is 0 Å². The Morgan fingerprint density at radius 2 is 1.76 bits per heavy atom. The Kier molecular flexibility index (Phi) is 5.95. The van der Waals surface area contributed by atoms with Gasteiger partial charge in [-0.1, -0.05) is 31.2 Å². The van der Waals surface area contributed by atoms with Gasteiger partial charge in [-0.25, -0.2) is 0 Å². The number of hydrogen-bond acceptors (Lipinski definition) is 4. The molecule has 3 unspecified atom stereocenters. The van der Waals surface area contributed by atoms with Crippen molar-refractivity contribution in [1.82, 2.24) is 0 Å². The Labute approximate surface area is 154 Å². The lowest BCUT2D eigenvalue weighted by Gasteiger charge is -2.32. The fourth-order valence-electron chi connectivity index (χ4n) is 3.51. The van der Waals surface area contributed by atoms with Crippen molar-refractivity contribution in [2.45, 2.75) is 64.8 Å². The molecule has 4 heteroatoms. The highest BCUT2D eigenvalue weighted by Crippen LogP contribution is 2.40. The molecule has 1 aliphatic heterocycles. The quantitative estimate of drug-likeness (QED) is 0.844. The molecule has 0 bridgehead atoms. The van der Waals surface area contributed by atoms with Crippen LogP contribution in [0, 0.1) is 13.8 Å². The van der Waals surface area contributed by atoms with E-state index in [2.05, 4.69) is 45.0 Å². The standard InChI is InChI=1S/C21H28O3S/c1-4-15-5-7-16(8-6-15)9-20-13(2)14(3)21(25-20)19-11-17(23)10-18(12-22)24-19/h5-8,17-19,22-23H,4,9-12H2,1-3H3. The molecule has 136 valence electrons. The first kappa shape index (κ1) is 18.6. The van der Waals surface area contributed by atoms with Crippen molar-refractivity contribution in [3.05, 3.63) is 56.3 Å². The molecular formula is C21H28O3S. The summed E-state index contributed by atoms with van der Waals surface area (Å²) < 4.78 is 6.02. The second-order valence-electron chi connectivity index (χ2n) is 7.04.